The topological polar surface area (TPSA) is 28.8 Å². The Morgan fingerprint density at radius 2 is 1.73 bits per heavy atom. The molecule has 78 valence electrons. The number of thiazole rings is 1. The van der Waals surface area contributed by atoms with Crippen LogP contribution in [0.25, 0.3) is 11.3 Å². The molecule has 0 bridgehead atoms. The van der Waals surface area contributed by atoms with Crippen LogP contribution >= 0.6 is 11.3 Å². The van der Waals surface area contributed by atoms with Gasteiger partial charge in [0.15, 0.2) is 4.80 Å². The third kappa shape index (κ3) is 1.75. The molecule has 0 atom stereocenters. The monoisotopic (exact) mass is 218 g/mol. The van der Waals surface area contributed by atoms with Crippen molar-refractivity contribution in [3.05, 3.63) is 39.5 Å². The highest BCUT2D eigenvalue weighted by molar-refractivity contribution is 7.09. The van der Waals surface area contributed by atoms with Gasteiger partial charge in [0.25, 0.3) is 0 Å². The molecule has 0 aliphatic rings. The Balaban J connectivity index is 2.63. The number of benzene rings is 1. The van der Waals surface area contributed by atoms with E-state index in [1.54, 1.807) is 0 Å². The van der Waals surface area contributed by atoms with Crippen molar-refractivity contribution < 1.29 is 0 Å². The lowest BCUT2D eigenvalue weighted by molar-refractivity contribution is 0.863. The molecule has 3 heteroatoms. The van der Waals surface area contributed by atoms with Gasteiger partial charge in [-0.15, -0.1) is 11.3 Å². The molecule has 1 aromatic heterocycles. The molecule has 1 heterocycles. The molecule has 2 rings (SSSR count). The van der Waals surface area contributed by atoms with E-state index < -0.39 is 0 Å². The van der Waals surface area contributed by atoms with Crippen LogP contribution in [0.15, 0.2) is 24.3 Å². The van der Waals surface area contributed by atoms with Crippen LogP contribution in [-0.2, 0) is 7.05 Å². The van der Waals surface area contributed by atoms with E-state index >= 15 is 0 Å². The van der Waals surface area contributed by atoms with E-state index in [9.17, 15) is 0 Å². The summed E-state index contributed by atoms with van der Waals surface area (Å²) in [5.74, 6) is 0. The van der Waals surface area contributed by atoms with Crippen LogP contribution in [0.4, 0.5) is 0 Å². The van der Waals surface area contributed by atoms with Gasteiger partial charge in [-0.25, -0.2) is 0 Å². The number of aryl methyl sites for hydroxylation is 2. The fourth-order valence-corrected chi connectivity index (χ4v) is 2.58. The zero-order valence-electron chi connectivity index (χ0n) is 9.16. The maximum Gasteiger partial charge on any atom is 0.182 e. The number of nitrogens with one attached hydrogen (secondary N) is 1. The van der Waals surface area contributed by atoms with Gasteiger partial charge < -0.3 is 4.57 Å². The van der Waals surface area contributed by atoms with Gasteiger partial charge in [0.2, 0.25) is 0 Å². The van der Waals surface area contributed by atoms with Crippen LogP contribution in [0, 0.1) is 19.3 Å². The lowest BCUT2D eigenvalue weighted by Gasteiger charge is -2.04. The van der Waals surface area contributed by atoms with Gasteiger partial charge >= 0.3 is 0 Å². The summed E-state index contributed by atoms with van der Waals surface area (Å²) >= 11 is 1.52. The highest BCUT2D eigenvalue weighted by Gasteiger charge is 2.08. The van der Waals surface area contributed by atoms with Crippen LogP contribution in [0.2, 0.25) is 0 Å². The molecule has 0 fully saturated rings. The van der Waals surface area contributed by atoms with Crippen molar-refractivity contribution in [3.63, 3.8) is 0 Å². The van der Waals surface area contributed by atoms with Gasteiger partial charge in [0.05, 0.1) is 5.69 Å². The fraction of sp³-hybridized carbons (Fsp3) is 0.250. The molecule has 0 saturated heterocycles. The summed E-state index contributed by atoms with van der Waals surface area (Å²) in [4.78, 5) is 1.80. The fourth-order valence-electron chi connectivity index (χ4n) is 1.71. The predicted octanol–water partition coefficient (Wildman–Crippen LogP) is 2.85. The molecule has 0 aliphatic carbocycles. The second kappa shape index (κ2) is 3.66. The van der Waals surface area contributed by atoms with Gasteiger partial charge in [-0.3, -0.25) is 5.41 Å². The smallest absolute Gasteiger partial charge is 0.182 e. The summed E-state index contributed by atoms with van der Waals surface area (Å²) in [6.45, 7) is 4.15. The Kier molecular flexibility index (Phi) is 2.49. The maximum absolute atomic E-state index is 7.75. The van der Waals surface area contributed by atoms with Crippen molar-refractivity contribution in [2.24, 2.45) is 7.05 Å². The lowest BCUT2D eigenvalue weighted by atomic mass is 10.1. The number of hydrogen-bond acceptors (Lipinski definition) is 2. The number of aromatic nitrogens is 1. The summed E-state index contributed by atoms with van der Waals surface area (Å²) in [6.07, 6.45) is 0. The molecule has 2 nitrogen and oxygen atoms in total. The van der Waals surface area contributed by atoms with Crippen LogP contribution in [0.3, 0.4) is 0 Å². The minimum absolute atomic E-state index is 0.600. The molecule has 0 amide bonds. The molecule has 0 unspecified atom stereocenters. The summed E-state index contributed by atoms with van der Waals surface area (Å²) in [5, 5.41) is 7.75. The summed E-state index contributed by atoms with van der Waals surface area (Å²) in [5.41, 5.74) is 3.61. The molecule has 0 saturated carbocycles. The van der Waals surface area contributed by atoms with E-state index in [2.05, 4.69) is 38.1 Å². The van der Waals surface area contributed by atoms with Gasteiger partial charge in [-0.2, -0.15) is 0 Å². The lowest BCUT2D eigenvalue weighted by Crippen LogP contribution is -2.08. The first-order chi connectivity index (χ1) is 7.09. The van der Waals surface area contributed by atoms with Crippen molar-refractivity contribution >= 4 is 11.3 Å². The Hall–Kier alpha value is -1.35. The second-order valence-electron chi connectivity index (χ2n) is 3.74. The minimum atomic E-state index is 0.600. The van der Waals surface area contributed by atoms with E-state index in [-0.39, 0.29) is 0 Å². The molecule has 15 heavy (non-hydrogen) atoms. The van der Waals surface area contributed by atoms with Gasteiger partial charge in [0, 0.05) is 11.9 Å². The molecule has 2 aromatic rings. The third-order valence-corrected chi connectivity index (χ3v) is 3.52. The van der Waals surface area contributed by atoms with E-state index in [0.29, 0.717) is 4.80 Å². The Morgan fingerprint density at radius 1 is 1.13 bits per heavy atom. The Morgan fingerprint density at radius 3 is 2.20 bits per heavy atom. The van der Waals surface area contributed by atoms with Crippen LogP contribution < -0.4 is 4.80 Å². The SMILES string of the molecule is Cc1ccc(-c2c(C)sc(=N)n2C)cc1. The quantitative estimate of drug-likeness (QED) is 0.762. The third-order valence-electron chi connectivity index (χ3n) is 2.55. The minimum Gasteiger partial charge on any atom is -0.320 e. The summed E-state index contributed by atoms with van der Waals surface area (Å²) in [7, 11) is 1.95. The maximum atomic E-state index is 7.75. The van der Waals surface area contributed by atoms with E-state index in [0.717, 1.165) is 5.69 Å². The Bertz CT molecular complexity index is 532. The molecule has 0 radical (unpaired) electrons. The number of rotatable bonds is 1. The number of hydrogen-bond donors (Lipinski definition) is 1. The average Bonchev–Trinajstić information content (AvgIpc) is 2.44. The summed E-state index contributed by atoms with van der Waals surface area (Å²) in [6, 6.07) is 8.44. The first-order valence-corrected chi connectivity index (χ1v) is 5.69. The first-order valence-electron chi connectivity index (χ1n) is 4.87. The van der Waals surface area contributed by atoms with Crippen molar-refractivity contribution in [1.82, 2.24) is 4.57 Å². The van der Waals surface area contributed by atoms with Crippen LogP contribution in [0.5, 0.6) is 0 Å². The van der Waals surface area contributed by atoms with E-state index in [1.165, 1.54) is 27.3 Å². The number of nitrogens with zero attached hydrogens (tertiary/aromatic N) is 1. The van der Waals surface area contributed by atoms with Crippen molar-refractivity contribution in [1.29, 1.82) is 5.41 Å². The molecule has 1 aromatic carbocycles. The highest BCUT2D eigenvalue weighted by atomic mass is 32.1. The largest absolute Gasteiger partial charge is 0.320 e. The van der Waals surface area contributed by atoms with Gasteiger partial charge in [-0.05, 0) is 19.4 Å². The first kappa shape index (κ1) is 10.2. The molecule has 0 spiro atoms. The van der Waals surface area contributed by atoms with Crippen LogP contribution in [-0.4, -0.2) is 4.57 Å². The summed E-state index contributed by atoms with van der Waals surface area (Å²) < 4.78 is 1.94. The molecular weight excluding hydrogens is 204 g/mol. The Labute approximate surface area is 93.3 Å². The zero-order chi connectivity index (χ0) is 11.0. The second-order valence-corrected chi connectivity index (χ2v) is 4.94. The normalized spacial score (nSPS) is 10.6. The average molecular weight is 218 g/mol. The van der Waals surface area contributed by atoms with Gasteiger partial charge in [-0.1, -0.05) is 29.8 Å². The van der Waals surface area contributed by atoms with Crippen molar-refractivity contribution in [2.45, 2.75) is 13.8 Å². The zero-order valence-corrected chi connectivity index (χ0v) is 9.98. The van der Waals surface area contributed by atoms with E-state index in [1.807, 2.05) is 11.6 Å². The molecule has 0 aliphatic heterocycles. The van der Waals surface area contributed by atoms with Gasteiger partial charge in [0.1, 0.15) is 0 Å². The predicted molar refractivity (Wildman–Crippen MR) is 64.1 cm³/mol. The van der Waals surface area contributed by atoms with Crippen molar-refractivity contribution in [3.8, 4) is 11.3 Å². The molecular formula is C12H14N2S. The molecule has 1 N–H and O–H groups in total. The highest BCUT2D eigenvalue weighted by Crippen LogP contribution is 2.24. The van der Waals surface area contributed by atoms with E-state index in [4.69, 9.17) is 5.41 Å². The van der Waals surface area contributed by atoms with Crippen molar-refractivity contribution in [2.75, 3.05) is 0 Å². The standard InChI is InChI=1S/C12H14N2S/c1-8-4-6-10(7-5-8)11-9(2)15-12(13)14(11)3/h4-7,13H,1-3H3. The van der Waals surface area contributed by atoms with Crippen LogP contribution in [0.1, 0.15) is 10.4 Å².